The molecule has 6 rings (SSSR count). The van der Waals surface area contributed by atoms with Gasteiger partial charge in [0.25, 0.3) is 0 Å². The average Bonchev–Trinajstić information content (AvgIpc) is 3.46. The third-order valence-electron chi connectivity index (χ3n) is 6.14. The maximum Gasteiger partial charge on any atom is 0.133 e. The molecule has 0 saturated heterocycles. The molecule has 1 unspecified atom stereocenters. The molecule has 29 heavy (non-hydrogen) atoms. The monoisotopic (exact) mass is 398 g/mol. The van der Waals surface area contributed by atoms with Gasteiger partial charge in [0.15, 0.2) is 0 Å². The van der Waals surface area contributed by atoms with E-state index in [9.17, 15) is 0 Å². The van der Waals surface area contributed by atoms with E-state index < -0.39 is 0 Å². The van der Waals surface area contributed by atoms with Crippen molar-refractivity contribution in [3.8, 4) is 0 Å². The van der Waals surface area contributed by atoms with Crippen molar-refractivity contribution in [2.45, 2.75) is 19.0 Å². The van der Waals surface area contributed by atoms with Gasteiger partial charge in [0.05, 0.1) is 11.0 Å². The summed E-state index contributed by atoms with van der Waals surface area (Å²) in [5, 5.41) is 3.51. The van der Waals surface area contributed by atoms with Crippen LogP contribution in [0.3, 0.4) is 0 Å². The van der Waals surface area contributed by atoms with Crippen molar-refractivity contribution in [3.63, 3.8) is 0 Å². The quantitative estimate of drug-likeness (QED) is 0.450. The predicted molar refractivity (Wildman–Crippen MR) is 119 cm³/mol. The fourth-order valence-electron chi connectivity index (χ4n) is 4.76. The predicted octanol–water partition coefficient (Wildman–Crippen LogP) is 5.26. The lowest BCUT2D eigenvalue weighted by Crippen LogP contribution is -2.36. The van der Waals surface area contributed by atoms with Crippen LogP contribution in [0.4, 0.5) is 0 Å². The Kier molecular flexibility index (Phi) is 3.86. The van der Waals surface area contributed by atoms with E-state index in [2.05, 4.69) is 87.5 Å². The normalized spacial score (nSPS) is 17.2. The number of H-pyrrole nitrogens is 1. The van der Waals surface area contributed by atoms with Gasteiger partial charge in [-0.25, -0.2) is 4.98 Å². The zero-order chi connectivity index (χ0) is 19.4. The molecule has 144 valence electrons. The molecule has 1 N–H and O–H groups in total. The number of hydrogen-bond donors (Lipinski definition) is 1. The number of benzene rings is 2. The molecule has 0 aliphatic carbocycles. The fraction of sp³-hybridized carbons (Fsp3) is 0.208. The molecular formula is C24H22N4S. The molecule has 0 bridgehead atoms. The molecule has 0 saturated carbocycles. The van der Waals surface area contributed by atoms with E-state index in [-0.39, 0.29) is 6.04 Å². The molecule has 1 aliphatic rings. The molecule has 0 amide bonds. The molecule has 4 heterocycles. The first-order chi connectivity index (χ1) is 14.3. The Morgan fingerprint density at radius 3 is 2.79 bits per heavy atom. The summed E-state index contributed by atoms with van der Waals surface area (Å²) in [6.45, 7) is 1.97. The van der Waals surface area contributed by atoms with Crippen molar-refractivity contribution in [1.82, 2.24) is 19.4 Å². The van der Waals surface area contributed by atoms with Crippen LogP contribution in [0, 0.1) is 0 Å². The maximum absolute atomic E-state index is 5.09. The first-order valence-corrected chi connectivity index (χ1v) is 10.9. The van der Waals surface area contributed by atoms with Crippen molar-refractivity contribution in [2.24, 2.45) is 7.05 Å². The van der Waals surface area contributed by atoms with Crippen LogP contribution in [0.5, 0.6) is 0 Å². The molecule has 4 nitrogen and oxygen atoms in total. The summed E-state index contributed by atoms with van der Waals surface area (Å²) in [5.74, 6) is 1.11. The van der Waals surface area contributed by atoms with Crippen LogP contribution in [0.2, 0.25) is 0 Å². The Morgan fingerprint density at radius 1 is 1.07 bits per heavy atom. The van der Waals surface area contributed by atoms with E-state index in [1.54, 1.807) is 0 Å². The van der Waals surface area contributed by atoms with Crippen molar-refractivity contribution < 1.29 is 0 Å². The number of nitrogens with zero attached hydrogens (tertiary/aromatic N) is 3. The highest BCUT2D eigenvalue weighted by molar-refractivity contribution is 7.09. The van der Waals surface area contributed by atoms with Crippen LogP contribution in [0.15, 0.2) is 66.0 Å². The van der Waals surface area contributed by atoms with Crippen molar-refractivity contribution in [1.29, 1.82) is 0 Å². The smallest absolute Gasteiger partial charge is 0.133 e. The van der Waals surface area contributed by atoms with E-state index in [0.29, 0.717) is 0 Å². The van der Waals surface area contributed by atoms with Crippen molar-refractivity contribution >= 4 is 33.3 Å². The lowest BCUT2D eigenvalue weighted by atomic mass is 9.96. The van der Waals surface area contributed by atoms with E-state index >= 15 is 0 Å². The number of rotatable bonds is 3. The molecular weight excluding hydrogens is 376 g/mol. The van der Waals surface area contributed by atoms with Crippen molar-refractivity contribution in [3.05, 3.63) is 88.0 Å². The van der Waals surface area contributed by atoms with E-state index in [4.69, 9.17) is 4.98 Å². The summed E-state index contributed by atoms with van der Waals surface area (Å²) in [4.78, 5) is 12.8. The van der Waals surface area contributed by atoms with E-state index in [0.717, 1.165) is 30.9 Å². The molecule has 1 aliphatic heterocycles. The lowest BCUT2D eigenvalue weighted by molar-refractivity contribution is 0.194. The molecule has 0 radical (unpaired) electrons. The largest absolute Gasteiger partial charge is 0.356 e. The number of nitrogens with one attached hydrogen (secondary N) is 1. The van der Waals surface area contributed by atoms with Gasteiger partial charge in [-0.05, 0) is 41.6 Å². The Bertz CT molecular complexity index is 1310. The van der Waals surface area contributed by atoms with Crippen LogP contribution in [0.25, 0.3) is 21.9 Å². The molecule has 0 spiro atoms. The van der Waals surface area contributed by atoms with Crippen molar-refractivity contribution in [2.75, 3.05) is 6.54 Å². The van der Waals surface area contributed by atoms with Gasteiger partial charge in [-0.15, -0.1) is 11.3 Å². The second-order valence-corrected chi connectivity index (χ2v) is 8.82. The Balaban J connectivity index is 1.56. The minimum absolute atomic E-state index is 0.116. The molecule has 5 aromatic rings. The van der Waals surface area contributed by atoms with Crippen LogP contribution in [-0.4, -0.2) is 26.0 Å². The molecule has 5 heteroatoms. The molecule has 0 fully saturated rings. The summed E-state index contributed by atoms with van der Waals surface area (Å²) >= 11 is 1.83. The SMILES string of the molecule is Cn1c(C2c3[nH]c4ccccc4c3CCN2Cc2cccs2)nc2ccccc21. The number of aryl methyl sites for hydroxylation is 1. The molecule has 2 aromatic carbocycles. The number of aromatic amines is 1. The zero-order valence-electron chi connectivity index (χ0n) is 16.3. The van der Waals surface area contributed by atoms with E-state index in [1.807, 2.05) is 11.3 Å². The summed E-state index contributed by atoms with van der Waals surface area (Å²) in [6, 6.07) is 21.6. The molecule has 3 aromatic heterocycles. The first-order valence-electron chi connectivity index (χ1n) is 10.1. The minimum atomic E-state index is 0.116. The number of hydrogen-bond acceptors (Lipinski definition) is 3. The van der Waals surface area contributed by atoms with E-state index in [1.165, 1.54) is 32.6 Å². The highest BCUT2D eigenvalue weighted by atomic mass is 32.1. The third kappa shape index (κ3) is 2.65. The summed E-state index contributed by atoms with van der Waals surface area (Å²) < 4.78 is 2.27. The second kappa shape index (κ2) is 6.58. The lowest BCUT2D eigenvalue weighted by Gasteiger charge is -2.35. The highest BCUT2D eigenvalue weighted by Crippen LogP contribution is 2.39. The van der Waals surface area contributed by atoms with Crippen LogP contribution < -0.4 is 0 Å². The van der Waals surface area contributed by atoms with Gasteiger partial charge in [0.2, 0.25) is 0 Å². The van der Waals surface area contributed by atoms with Gasteiger partial charge in [0.1, 0.15) is 11.9 Å². The Labute approximate surface area is 173 Å². The number of imidazole rings is 1. The number of aromatic nitrogens is 3. The Morgan fingerprint density at radius 2 is 1.93 bits per heavy atom. The van der Waals surface area contributed by atoms with Crippen LogP contribution >= 0.6 is 11.3 Å². The third-order valence-corrected chi connectivity index (χ3v) is 7.00. The molecule has 1 atom stereocenters. The fourth-order valence-corrected chi connectivity index (χ4v) is 5.49. The highest BCUT2D eigenvalue weighted by Gasteiger charge is 2.34. The maximum atomic E-state index is 5.09. The zero-order valence-corrected chi connectivity index (χ0v) is 17.1. The first kappa shape index (κ1) is 17.0. The summed E-state index contributed by atoms with van der Waals surface area (Å²) in [5.41, 5.74) is 6.21. The van der Waals surface area contributed by atoms with Gasteiger partial charge in [0, 0.05) is 41.6 Å². The van der Waals surface area contributed by atoms with Crippen LogP contribution in [-0.2, 0) is 20.0 Å². The van der Waals surface area contributed by atoms with Gasteiger partial charge in [-0.3, -0.25) is 4.90 Å². The average molecular weight is 399 g/mol. The Hall–Kier alpha value is -2.89. The minimum Gasteiger partial charge on any atom is -0.356 e. The standard InChI is InChI=1S/C24H22N4S/c1-27-21-11-5-4-10-20(21)26-24(27)23-22-18(17-8-2-3-9-19(17)25-22)12-13-28(23)15-16-7-6-14-29-16/h2-11,14,23,25H,12-13,15H2,1H3. The number of fused-ring (bicyclic) bond motifs is 4. The number of thiophene rings is 1. The van der Waals surface area contributed by atoms with Gasteiger partial charge in [-0.1, -0.05) is 36.4 Å². The van der Waals surface area contributed by atoms with Crippen LogP contribution in [0.1, 0.15) is 28.0 Å². The van der Waals surface area contributed by atoms with Gasteiger partial charge >= 0.3 is 0 Å². The second-order valence-electron chi connectivity index (χ2n) is 7.78. The number of para-hydroxylation sites is 3. The topological polar surface area (TPSA) is 36.9 Å². The van der Waals surface area contributed by atoms with Gasteiger partial charge < -0.3 is 9.55 Å². The summed E-state index contributed by atoms with van der Waals surface area (Å²) in [7, 11) is 2.14. The van der Waals surface area contributed by atoms with Gasteiger partial charge in [-0.2, -0.15) is 0 Å². The summed E-state index contributed by atoms with van der Waals surface area (Å²) in [6.07, 6.45) is 1.06.